The van der Waals surface area contributed by atoms with Crippen LogP contribution in [0.15, 0.2) is 328 Å². The number of aromatic nitrogens is 4. The lowest BCUT2D eigenvalue weighted by Crippen LogP contribution is -1.95. The molecule has 0 spiro atoms. The third-order valence-corrected chi connectivity index (χ3v) is 24.8. The first kappa shape index (κ1) is 76.9. The summed E-state index contributed by atoms with van der Waals surface area (Å²) in [5, 5.41) is 10.7. The Morgan fingerprint density at radius 1 is 0.155 bits per heavy atom. The highest BCUT2D eigenvalue weighted by Crippen LogP contribution is 2.40. The van der Waals surface area contributed by atoms with Crippen LogP contribution in [0.2, 0.25) is 0 Å². The number of aryl methyl sites for hydroxylation is 6. The second-order valence-electron chi connectivity index (χ2n) is 32.8. The summed E-state index contributed by atoms with van der Waals surface area (Å²) in [5.41, 5.74) is 28.5. The quantitative estimate of drug-likeness (QED) is 0.0358. The van der Waals surface area contributed by atoms with Crippen molar-refractivity contribution >= 4 is 87.2 Å². The van der Waals surface area contributed by atoms with E-state index in [2.05, 4.69) is 360 Å². The molecular formula is C112H112N4. The SMILES string of the molecule is CCCCCCCCc1ccc2c(c1)c1ccccc1n2-c1ccc(-c2ccc(-n3c4ccccc4c4cc(CCCCCCc5ccccc5)ccc43)cc2)cc1.CCCCCCCCc1ccc2c(c1)c1ccccc1n2-c1ccc(-c2ccc(-n3c4ccccc4c4cc(CCCCCCc5ccccc5)ccc43)cc2)cc1. The van der Waals surface area contributed by atoms with Crippen molar-refractivity contribution in [3.8, 4) is 45.0 Å². The third kappa shape index (κ3) is 17.3. The average molecular weight is 1510 g/mol. The normalized spacial score (nSPS) is 11.7. The van der Waals surface area contributed by atoms with Crippen LogP contribution in [0.1, 0.15) is 176 Å². The van der Waals surface area contributed by atoms with Crippen LogP contribution in [0.5, 0.6) is 0 Å². The van der Waals surface area contributed by atoms with Crippen LogP contribution in [0.4, 0.5) is 0 Å². The van der Waals surface area contributed by atoms with E-state index in [1.165, 1.54) is 307 Å². The monoisotopic (exact) mass is 1510 g/mol. The molecule has 0 aliphatic carbocycles. The molecule has 0 N–H and O–H groups in total. The summed E-state index contributed by atoms with van der Waals surface area (Å²) in [4.78, 5) is 0. The van der Waals surface area contributed by atoms with Gasteiger partial charge in [-0.2, -0.15) is 0 Å². The molecule has 0 atom stereocenters. The minimum absolute atomic E-state index is 1.13. The van der Waals surface area contributed by atoms with Crippen LogP contribution in [0.25, 0.3) is 132 Å². The Bertz CT molecular complexity index is 5880. The van der Waals surface area contributed by atoms with E-state index in [9.17, 15) is 0 Å². The highest BCUT2D eigenvalue weighted by Gasteiger charge is 2.19. The Hall–Kier alpha value is -11.7. The van der Waals surface area contributed by atoms with Gasteiger partial charge in [0.15, 0.2) is 0 Å². The number of hydrogen-bond donors (Lipinski definition) is 0. The number of benzene rings is 14. The molecule has 0 saturated carbocycles. The van der Waals surface area contributed by atoms with Gasteiger partial charge in [0.05, 0.1) is 44.1 Å². The van der Waals surface area contributed by atoms with Gasteiger partial charge < -0.3 is 18.3 Å². The maximum Gasteiger partial charge on any atom is 0.0541 e. The van der Waals surface area contributed by atoms with Crippen LogP contribution >= 0.6 is 0 Å². The molecule has 4 aromatic heterocycles. The minimum atomic E-state index is 1.13. The number of nitrogens with zero attached hydrogens (tertiary/aromatic N) is 4. The van der Waals surface area contributed by atoms with Gasteiger partial charge in [-0.25, -0.2) is 0 Å². The lowest BCUT2D eigenvalue weighted by molar-refractivity contribution is 0.607. The number of para-hydroxylation sites is 4. The van der Waals surface area contributed by atoms with Gasteiger partial charge in [-0.1, -0.05) is 310 Å². The highest BCUT2D eigenvalue weighted by atomic mass is 15.0. The molecule has 0 aliphatic rings. The van der Waals surface area contributed by atoms with Gasteiger partial charge in [-0.15, -0.1) is 0 Å². The van der Waals surface area contributed by atoms with E-state index >= 15 is 0 Å². The van der Waals surface area contributed by atoms with Crippen LogP contribution in [-0.4, -0.2) is 18.3 Å². The molecule has 580 valence electrons. The van der Waals surface area contributed by atoms with E-state index in [1.807, 2.05) is 0 Å². The maximum atomic E-state index is 2.45. The lowest BCUT2D eigenvalue weighted by Gasteiger charge is -2.11. The molecule has 4 heteroatoms. The zero-order valence-corrected chi connectivity index (χ0v) is 68.4. The molecule has 18 aromatic rings. The fourth-order valence-electron chi connectivity index (χ4n) is 18.6. The summed E-state index contributed by atoms with van der Waals surface area (Å²) in [7, 11) is 0. The zero-order chi connectivity index (χ0) is 78.2. The van der Waals surface area contributed by atoms with Gasteiger partial charge in [0.1, 0.15) is 0 Å². The first-order chi connectivity index (χ1) is 57.5. The van der Waals surface area contributed by atoms with Crippen molar-refractivity contribution in [1.82, 2.24) is 18.3 Å². The average Bonchev–Trinajstić information content (AvgIpc) is 1.62. The highest BCUT2D eigenvalue weighted by molar-refractivity contribution is 6.12. The number of unbranched alkanes of at least 4 members (excludes halogenated alkanes) is 16. The predicted molar refractivity (Wildman–Crippen MR) is 500 cm³/mol. The Morgan fingerprint density at radius 3 is 0.595 bits per heavy atom. The molecule has 0 bridgehead atoms. The summed E-state index contributed by atoms with van der Waals surface area (Å²) in [6.45, 7) is 4.58. The molecule has 0 amide bonds. The van der Waals surface area contributed by atoms with Gasteiger partial charge in [0.25, 0.3) is 0 Å². The van der Waals surface area contributed by atoms with Crippen LogP contribution in [0.3, 0.4) is 0 Å². The molecule has 0 radical (unpaired) electrons. The van der Waals surface area contributed by atoms with Crippen LogP contribution in [0, 0.1) is 0 Å². The van der Waals surface area contributed by atoms with Crippen molar-refractivity contribution < 1.29 is 0 Å². The molecule has 18 rings (SSSR count). The Kier molecular flexibility index (Phi) is 24.7. The lowest BCUT2D eigenvalue weighted by atomic mass is 10.0. The van der Waals surface area contributed by atoms with E-state index in [0.29, 0.717) is 0 Å². The largest absolute Gasteiger partial charge is 0.309 e. The number of hydrogen-bond acceptors (Lipinski definition) is 0. The third-order valence-electron chi connectivity index (χ3n) is 24.8. The molecule has 0 aliphatic heterocycles. The Labute approximate surface area is 687 Å². The fourth-order valence-corrected chi connectivity index (χ4v) is 18.6. The number of fused-ring (bicyclic) bond motifs is 12. The summed E-state index contributed by atoms with van der Waals surface area (Å²) in [5.74, 6) is 0. The maximum absolute atomic E-state index is 2.45. The van der Waals surface area contributed by atoms with Gasteiger partial charge in [-0.3, -0.25) is 0 Å². The first-order valence-electron chi connectivity index (χ1n) is 44.1. The fraction of sp³-hybridized carbons (Fsp3) is 0.250. The molecule has 0 fully saturated rings. The van der Waals surface area contributed by atoms with Gasteiger partial charge >= 0.3 is 0 Å². The molecule has 0 saturated heterocycles. The second-order valence-corrected chi connectivity index (χ2v) is 32.8. The zero-order valence-electron chi connectivity index (χ0n) is 68.4. The van der Waals surface area contributed by atoms with E-state index in [0.717, 1.165) is 25.7 Å². The van der Waals surface area contributed by atoms with Crippen LogP contribution < -0.4 is 0 Å². The van der Waals surface area contributed by atoms with Crippen molar-refractivity contribution in [2.24, 2.45) is 0 Å². The second kappa shape index (κ2) is 37.3. The smallest absolute Gasteiger partial charge is 0.0541 e. The van der Waals surface area contributed by atoms with E-state index in [-0.39, 0.29) is 0 Å². The molecule has 4 nitrogen and oxygen atoms in total. The standard InChI is InChI=1S/2C56H56N2/c2*1-2-3-4-5-6-11-22-43-28-38-55-51(40-43)49-24-15-17-26-53(49)57(55)47-34-30-45(31-35-47)46-32-36-48(37-33-46)58-54-27-18-16-25-50(54)52-41-44(29-39-56(52)58)23-12-8-7-10-19-42-20-13-9-14-21-42/h2*9,13-18,20-21,24-41H,2-8,10-12,19,22-23H2,1H3. The van der Waals surface area contributed by atoms with Crippen molar-refractivity contribution in [2.45, 2.75) is 181 Å². The van der Waals surface area contributed by atoms with Crippen molar-refractivity contribution in [2.75, 3.05) is 0 Å². The van der Waals surface area contributed by atoms with Crippen LogP contribution in [-0.2, 0) is 38.5 Å². The molecule has 116 heavy (non-hydrogen) atoms. The van der Waals surface area contributed by atoms with Crippen molar-refractivity contribution in [3.63, 3.8) is 0 Å². The summed E-state index contributed by atoms with van der Waals surface area (Å²) in [6, 6.07) is 122. The Balaban J connectivity index is 0.000000167. The Morgan fingerprint density at radius 2 is 0.353 bits per heavy atom. The van der Waals surface area contributed by atoms with Gasteiger partial charge in [0.2, 0.25) is 0 Å². The predicted octanol–water partition coefficient (Wildman–Crippen LogP) is 31.6. The molecule has 0 unspecified atom stereocenters. The van der Waals surface area contributed by atoms with E-state index < -0.39 is 0 Å². The summed E-state index contributed by atoms with van der Waals surface area (Å²) >= 11 is 0. The first-order valence-corrected chi connectivity index (χ1v) is 44.1. The van der Waals surface area contributed by atoms with E-state index in [1.54, 1.807) is 0 Å². The minimum Gasteiger partial charge on any atom is -0.309 e. The molecule has 4 heterocycles. The van der Waals surface area contributed by atoms with Crippen molar-refractivity contribution in [1.29, 1.82) is 0 Å². The number of rotatable bonds is 34. The van der Waals surface area contributed by atoms with Gasteiger partial charge in [0, 0.05) is 65.8 Å². The van der Waals surface area contributed by atoms with Gasteiger partial charge in [-0.05, 0) is 254 Å². The topological polar surface area (TPSA) is 19.7 Å². The van der Waals surface area contributed by atoms with E-state index in [4.69, 9.17) is 0 Å². The van der Waals surface area contributed by atoms with Crippen molar-refractivity contribution in [3.05, 3.63) is 361 Å². The molecular weight excluding hydrogens is 1400 g/mol. The summed E-state index contributed by atoms with van der Waals surface area (Å²) in [6.07, 6.45) is 33.1. The summed E-state index contributed by atoms with van der Waals surface area (Å²) < 4.78 is 9.75. The molecule has 14 aromatic carbocycles.